The van der Waals surface area contributed by atoms with Gasteiger partial charge in [-0.2, -0.15) is 22.0 Å². The fraction of sp³-hybridized carbons (Fsp3) is 0.118. The molecule has 0 spiro atoms. The van der Waals surface area contributed by atoms with Gasteiger partial charge in [-0.15, -0.1) is 5.10 Å². The summed E-state index contributed by atoms with van der Waals surface area (Å²) in [6.45, 7) is 0. The van der Waals surface area contributed by atoms with Crippen molar-refractivity contribution in [2.45, 2.75) is 12.3 Å². The summed E-state index contributed by atoms with van der Waals surface area (Å²) in [5, 5.41) is 11.4. The van der Waals surface area contributed by atoms with Crippen LogP contribution in [0.2, 0.25) is 0 Å². The number of rotatable bonds is 5. The van der Waals surface area contributed by atoms with Crippen LogP contribution in [0.1, 0.15) is 5.56 Å². The summed E-state index contributed by atoms with van der Waals surface area (Å²) in [6, 6.07) is 11.4. The van der Waals surface area contributed by atoms with Crippen molar-refractivity contribution < 1.29 is 26.7 Å². The second-order valence-corrected chi connectivity index (χ2v) is 5.39. The summed E-state index contributed by atoms with van der Waals surface area (Å²) < 4.78 is 67.4. The van der Waals surface area contributed by atoms with E-state index in [1.165, 1.54) is 29.4 Å². The van der Waals surface area contributed by atoms with Crippen LogP contribution in [0.15, 0.2) is 54.9 Å². The Morgan fingerprint density at radius 3 is 2.11 bits per heavy atom. The van der Waals surface area contributed by atoms with Gasteiger partial charge in [0.15, 0.2) is 5.82 Å². The van der Waals surface area contributed by atoms with Gasteiger partial charge in [0.25, 0.3) is 0 Å². The zero-order valence-corrected chi connectivity index (χ0v) is 13.4. The van der Waals surface area contributed by atoms with Crippen LogP contribution in [0.25, 0.3) is 17.1 Å². The molecule has 10 heteroatoms. The van der Waals surface area contributed by atoms with Crippen LogP contribution in [0.5, 0.6) is 5.75 Å². The van der Waals surface area contributed by atoms with E-state index in [0.29, 0.717) is 22.6 Å². The Bertz CT molecular complexity index is 933. The highest BCUT2D eigenvalue weighted by molar-refractivity contribution is 5.78. The molecule has 0 unspecified atom stereocenters. The maximum absolute atomic E-state index is 12.9. The molecule has 1 heterocycles. The highest BCUT2D eigenvalue weighted by atomic mass is 19.4. The lowest BCUT2D eigenvalue weighted by Crippen LogP contribution is -2.41. The second kappa shape index (κ2) is 6.78. The molecule has 2 aromatic carbocycles. The van der Waals surface area contributed by atoms with Gasteiger partial charge in [-0.05, 0) is 29.8 Å². The SMILES string of the molecule is N=Cc1ccc(-c2ncn(-c3ccc(OC(F)(F)C(F)(F)F)cc3)n2)cc1. The zero-order chi connectivity index (χ0) is 19.7. The van der Waals surface area contributed by atoms with Gasteiger partial charge in [0.05, 0.1) is 5.69 Å². The van der Waals surface area contributed by atoms with Crippen molar-refractivity contribution in [1.29, 1.82) is 5.41 Å². The molecular formula is C17H11F5N4O. The zero-order valence-electron chi connectivity index (χ0n) is 13.4. The van der Waals surface area contributed by atoms with Gasteiger partial charge >= 0.3 is 12.3 Å². The predicted molar refractivity (Wildman–Crippen MR) is 86.3 cm³/mol. The van der Waals surface area contributed by atoms with E-state index in [4.69, 9.17) is 5.41 Å². The number of hydrogen-bond acceptors (Lipinski definition) is 4. The first-order valence-corrected chi connectivity index (χ1v) is 7.46. The molecule has 3 rings (SSSR count). The van der Waals surface area contributed by atoms with Crippen LogP contribution in [-0.4, -0.2) is 33.3 Å². The maximum atomic E-state index is 12.9. The van der Waals surface area contributed by atoms with Gasteiger partial charge in [0.2, 0.25) is 0 Å². The molecule has 0 saturated heterocycles. The summed E-state index contributed by atoms with van der Waals surface area (Å²) in [5.74, 6) is -0.251. The van der Waals surface area contributed by atoms with E-state index >= 15 is 0 Å². The number of ether oxygens (including phenoxy) is 1. The minimum Gasteiger partial charge on any atom is -0.426 e. The molecule has 1 aromatic heterocycles. The lowest BCUT2D eigenvalue weighted by Gasteiger charge is -2.20. The average Bonchev–Trinajstić information content (AvgIpc) is 3.11. The Hall–Kier alpha value is -3.30. The molecule has 0 fully saturated rings. The van der Waals surface area contributed by atoms with Crippen molar-refractivity contribution in [2.75, 3.05) is 0 Å². The maximum Gasteiger partial charge on any atom is 0.499 e. The Labute approximate surface area is 149 Å². The molecule has 0 aliphatic heterocycles. The summed E-state index contributed by atoms with van der Waals surface area (Å²) in [5.41, 5.74) is 1.81. The summed E-state index contributed by atoms with van der Waals surface area (Å²) in [4.78, 5) is 4.13. The molecule has 27 heavy (non-hydrogen) atoms. The van der Waals surface area contributed by atoms with Gasteiger partial charge in [0.1, 0.15) is 12.1 Å². The standard InChI is InChI=1S/C17H11F5N4O/c18-16(19,20)17(21,22)27-14-7-5-13(6-8-14)26-10-24-15(25-26)12-3-1-11(9-23)2-4-12/h1-10,23H. The first kappa shape index (κ1) is 18.5. The van der Waals surface area contributed by atoms with Crippen LogP contribution in [0, 0.1) is 5.41 Å². The molecule has 0 aliphatic carbocycles. The summed E-state index contributed by atoms with van der Waals surface area (Å²) in [7, 11) is 0. The molecule has 0 aliphatic rings. The van der Waals surface area contributed by atoms with Crippen LogP contribution < -0.4 is 4.74 Å². The van der Waals surface area contributed by atoms with E-state index in [0.717, 1.165) is 12.1 Å². The minimum atomic E-state index is -5.81. The molecule has 0 saturated carbocycles. The molecule has 0 radical (unpaired) electrons. The van der Waals surface area contributed by atoms with Gasteiger partial charge < -0.3 is 10.1 Å². The molecule has 3 aromatic rings. The fourth-order valence-electron chi connectivity index (χ4n) is 2.12. The van der Waals surface area contributed by atoms with Crippen molar-refractivity contribution in [1.82, 2.24) is 14.8 Å². The topological polar surface area (TPSA) is 63.8 Å². The van der Waals surface area contributed by atoms with Gasteiger partial charge in [0, 0.05) is 11.8 Å². The monoisotopic (exact) mass is 382 g/mol. The van der Waals surface area contributed by atoms with Crippen molar-refractivity contribution in [2.24, 2.45) is 0 Å². The van der Waals surface area contributed by atoms with Crippen LogP contribution in [0.4, 0.5) is 22.0 Å². The number of aromatic nitrogens is 3. The predicted octanol–water partition coefficient (Wildman–Crippen LogP) is 4.47. The Kier molecular flexibility index (Phi) is 4.64. The summed E-state index contributed by atoms with van der Waals surface area (Å²) in [6.07, 6.45) is -8.51. The van der Waals surface area contributed by atoms with E-state index in [-0.39, 0.29) is 0 Å². The van der Waals surface area contributed by atoms with E-state index in [2.05, 4.69) is 14.8 Å². The van der Waals surface area contributed by atoms with Crippen molar-refractivity contribution >= 4 is 6.21 Å². The highest BCUT2D eigenvalue weighted by Gasteiger charge is 2.61. The van der Waals surface area contributed by atoms with E-state index in [1.54, 1.807) is 24.3 Å². The Balaban J connectivity index is 1.78. The molecule has 0 amide bonds. The van der Waals surface area contributed by atoms with Crippen molar-refractivity contribution in [3.8, 4) is 22.8 Å². The van der Waals surface area contributed by atoms with E-state index < -0.39 is 18.0 Å². The third-order valence-electron chi connectivity index (χ3n) is 3.50. The quantitative estimate of drug-likeness (QED) is 0.523. The minimum absolute atomic E-state index is 0.385. The van der Waals surface area contributed by atoms with Gasteiger partial charge in [-0.25, -0.2) is 9.67 Å². The van der Waals surface area contributed by atoms with Crippen LogP contribution in [-0.2, 0) is 0 Å². The highest BCUT2D eigenvalue weighted by Crippen LogP contribution is 2.37. The van der Waals surface area contributed by atoms with Gasteiger partial charge in [-0.1, -0.05) is 24.3 Å². The smallest absolute Gasteiger partial charge is 0.426 e. The first-order chi connectivity index (χ1) is 12.7. The molecule has 140 valence electrons. The number of halogens is 5. The fourth-order valence-corrected chi connectivity index (χ4v) is 2.12. The first-order valence-electron chi connectivity index (χ1n) is 7.46. The number of alkyl halides is 5. The number of benzene rings is 2. The van der Waals surface area contributed by atoms with Crippen molar-refractivity contribution in [3.63, 3.8) is 0 Å². The van der Waals surface area contributed by atoms with Crippen LogP contribution >= 0.6 is 0 Å². The third kappa shape index (κ3) is 3.94. The molecule has 0 atom stereocenters. The molecular weight excluding hydrogens is 371 g/mol. The van der Waals surface area contributed by atoms with E-state index in [1.807, 2.05) is 0 Å². The second-order valence-electron chi connectivity index (χ2n) is 5.39. The third-order valence-corrected chi connectivity index (χ3v) is 3.50. The lowest BCUT2D eigenvalue weighted by molar-refractivity contribution is -0.360. The average molecular weight is 382 g/mol. The number of hydrogen-bond donors (Lipinski definition) is 1. The van der Waals surface area contributed by atoms with Crippen LogP contribution in [0.3, 0.4) is 0 Å². The lowest BCUT2D eigenvalue weighted by atomic mass is 10.1. The molecule has 5 nitrogen and oxygen atoms in total. The molecule has 1 N–H and O–H groups in total. The Morgan fingerprint density at radius 1 is 0.926 bits per heavy atom. The Morgan fingerprint density at radius 2 is 1.56 bits per heavy atom. The van der Waals surface area contributed by atoms with Crippen molar-refractivity contribution in [3.05, 3.63) is 60.4 Å². The normalized spacial score (nSPS) is 12.0. The van der Waals surface area contributed by atoms with Gasteiger partial charge in [-0.3, -0.25) is 0 Å². The molecule has 0 bridgehead atoms. The largest absolute Gasteiger partial charge is 0.499 e. The summed E-state index contributed by atoms with van der Waals surface area (Å²) >= 11 is 0. The number of nitrogens with one attached hydrogen (secondary N) is 1. The van der Waals surface area contributed by atoms with E-state index in [9.17, 15) is 22.0 Å². The number of nitrogens with zero attached hydrogens (tertiary/aromatic N) is 3.